The Balaban J connectivity index is 2.09. The van der Waals surface area contributed by atoms with E-state index in [4.69, 9.17) is 9.47 Å². The lowest BCUT2D eigenvalue weighted by atomic mass is 10.2. The van der Waals surface area contributed by atoms with Crippen molar-refractivity contribution in [3.8, 4) is 0 Å². The summed E-state index contributed by atoms with van der Waals surface area (Å²) in [5.41, 5.74) is 0. The van der Waals surface area contributed by atoms with E-state index < -0.39 is 5.97 Å². The van der Waals surface area contributed by atoms with E-state index in [1.54, 1.807) is 6.92 Å². The molecule has 1 unspecified atom stereocenters. The largest absolute Gasteiger partial charge is 0.460 e. The molecule has 2 heterocycles. The fraction of sp³-hybridized carbons (Fsp3) is 0.769. The van der Waals surface area contributed by atoms with Gasteiger partial charge >= 0.3 is 5.97 Å². The third-order valence-electron chi connectivity index (χ3n) is 3.39. The highest BCUT2D eigenvalue weighted by molar-refractivity contribution is 5.85. The van der Waals surface area contributed by atoms with Crippen molar-refractivity contribution >= 4 is 5.97 Å². The molecule has 1 atom stereocenters. The van der Waals surface area contributed by atoms with Crippen LogP contribution in [0.4, 0.5) is 0 Å². The molecule has 1 aromatic heterocycles. The number of aromatic nitrogens is 3. The van der Waals surface area contributed by atoms with E-state index in [2.05, 4.69) is 22.0 Å². The third-order valence-corrected chi connectivity index (χ3v) is 3.39. The maximum atomic E-state index is 11.9. The van der Waals surface area contributed by atoms with Crippen molar-refractivity contribution < 1.29 is 14.3 Å². The van der Waals surface area contributed by atoms with Gasteiger partial charge in [-0.1, -0.05) is 0 Å². The zero-order valence-corrected chi connectivity index (χ0v) is 12.3. The number of hydrogen-bond donors (Lipinski definition) is 0. The first kappa shape index (κ1) is 14.9. The quantitative estimate of drug-likeness (QED) is 0.739. The number of morpholine rings is 1. The molecule has 7 nitrogen and oxygen atoms in total. The topological polar surface area (TPSA) is 69.5 Å². The summed E-state index contributed by atoms with van der Waals surface area (Å²) in [6.45, 7) is 10.2. The second-order valence-electron chi connectivity index (χ2n) is 4.92. The standard InChI is InChI=1S/C13H22N4O3/c1-4-20-13(18)12-15-14-11(3)17(12)10(2)9-16-5-7-19-8-6-16/h10H,4-9H2,1-3H3. The van der Waals surface area contributed by atoms with E-state index >= 15 is 0 Å². The van der Waals surface area contributed by atoms with Gasteiger partial charge in [-0.05, 0) is 20.8 Å². The Morgan fingerprint density at radius 2 is 2.10 bits per heavy atom. The van der Waals surface area contributed by atoms with Gasteiger partial charge in [-0.3, -0.25) is 4.90 Å². The summed E-state index contributed by atoms with van der Waals surface area (Å²) in [5.74, 6) is 0.598. The van der Waals surface area contributed by atoms with Crippen LogP contribution in [-0.4, -0.2) is 65.1 Å². The van der Waals surface area contributed by atoms with E-state index in [1.807, 2.05) is 11.5 Å². The molecule has 112 valence electrons. The Kier molecular flexibility index (Phi) is 5.08. The van der Waals surface area contributed by atoms with Gasteiger partial charge in [0.2, 0.25) is 5.82 Å². The summed E-state index contributed by atoms with van der Waals surface area (Å²) >= 11 is 0. The van der Waals surface area contributed by atoms with Crippen molar-refractivity contribution in [2.45, 2.75) is 26.8 Å². The fourth-order valence-corrected chi connectivity index (χ4v) is 2.47. The van der Waals surface area contributed by atoms with Gasteiger partial charge < -0.3 is 14.0 Å². The fourth-order valence-electron chi connectivity index (χ4n) is 2.47. The molecule has 0 aromatic carbocycles. The average molecular weight is 282 g/mol. The van der Waals surface area contributed by atoms with E-state index in [0.717, 1.165) is 38.7 Å². The molecular weight excluding hydrogens is 260 g/mol. The normalized spacial score (nSPS) is 17.9. The Labute approximate surface area is 118 Å². The van der Waals surface area contributed by atoms with Crippen molar-refractivity contribution in [1.29, 1.82) is 0 Å². The summed E-state index contributed by atoms with van der Waals surface area (Å²) in [5, 5.41) is 7.95. The van der Waals surface area contributed by atoms with Crippen LogP contribution in [0.1, 0.15) is 36.3 Å². The predicted molar refractivity (Wildman–Crippen MR) is 72.7 cm³/mol. The molecule has 0 N–H and O–H groups in total. The first-order valence-electron chi connectivity index (χ1n) is 7.02. The van der Waals surface area contributed by atoms with Gasteiger partial charge in [-0.25, -0.2) is 4.79 Å². The predicted octanol–water partition coefficient (Wildman–Crippen LogP) is 0.656. The molecule has 7 heteroatoms. The minimum absolute atomic E-state index is 0.113. The highest BCUT2D eigenvalue weighted by Crippen LogP contribution is 2.15. The van der Waals surface area contributed by atoms with Gasteiger partial charge in [0.25, 0.3) is 0 Å². The molecule has 20 heavy (non-hydrogen) atoms. The van der Waals surface area contributed by atoms with Crippen LogP contribution >= 0.6 is 0 Å². The maximum Gasteiger partial charge on any atom is 0.376 e. The van der Waals surface area contributed by atoms with Crippen LogP contribution in [0.5, 0.6) is 0 Å². The van der Waals surface area contributed by atoms with Crippen molar-refractivity contribution in [3.63, 3.8) is 0 Å². The number of carbonyl (C=O) groups is 1. The lowest BCUT2D eigenvalue weighted by molar-refractivity contribution is 0.0315. The zero-order valence-electron chi connectivity index (χ0n) is 12.3. The maximum absolute atomic E-state index is 11.9. The number of hydrogen-bond acceptors (Lipinski definition) is 6. The number of ether oxygens (including phenoxy) is 2. The van der Waals surface area contributed by atoms with E-state index in [0.29, 0.717) is 6.61 Å². The second-order valence-corrected chi connectivity index (χ2v) is 4.92. The molecule has 1 aliphatic heterocycles. The van der Waals surface area contributed by atoms with E-state index in [9.17, 15) is 4.79 Å². The van der Waals surface area contributed by atoms with Crippen molar-refractivity contribution in [3.05, 3.63) is 11.6 Å². The first-order valence-corrected chi connectivity index (χ1v) is 7.02. The molecule has 0 saturated carbocycles. The van der Waals surface area contributed by atoms with Crippen molar-refractivity contribution in [2.24, 2.45) is 0 Å². The molecule has 1 fully saturated rings. The van der Waals surface area contributed by atoms with Crippen molar-refractivity contribution in [1.82, 2.24) is 19.7 Å². The van der Waals surface area contributed by atoms with Crippen LogP contribution in [0.25, 0.3) is 0 Å². The third kappa shape index (κ3) is 3.34. The second kappa shape index (κ2) is 6.81. The number of carbonyl (C=O) groups excluding carboxylic acids is 1. The van der Waals surface area contributed by atoms with Gasteiger partial charge in [-0.2, -0.15) is 0 Å². The number of nitrogens with zero attached hydrogens (tertiary/aromatic N) is 4. The van der Waals surface area contributed by atoms with Gasteiger partial charge in [0.05, 0.1) is 19.8 Å². The molecule has 0 radical (unpaired) electrons. The molecule has 0 bridgehead atoms. The Morgan fingerprint density at radius 3 is 2.75 bits per heavy atom. The molecule has 0 aliphatic carbocycles. The van der Waals surface area contributed by atoms with Crippen molar-refractivity contribution in [2.75, 3.05) is 39.5 Å². The lowest BCUT2D eigenvalue weighted by Gasteiger charge is -2.30. The minimum Gasteiger partial charge on any atom is -0.460 e. The Bertz CT molecular complexity index is 454. The molecule has 0 amide bonds. The molecular formula is C13H22N4O3. The molecule has 1 saturated heterocycles. The van der Waals surface area contributed by atoms with Crippen LogP contribution < -0.4 is 0 Å². The smallest absolute Gasteiger partial charge is 0.376 e. The summed E-state index contributed by atoms with van der Waals surface area (Å²) in [7, 11) is 0. The van der Waals surface area contributed by atoms with Crippen LogP contribution in [-0.2, 0) is 9.47 Å². The van der Waals surface area contributed by atoms with Gasteiger partial charge in [0.1, 0.15) is 5.82 Å². The Hall–Kier alpha value is -1.47. The SMILES string of the molecule is CCOC(=O)c1nnc(C)n1C(C)CN1CCOCC1. The van der Waals surface area contributed by atoms with E-state index in [1.165, 1.54) is 0 Å². The molecule has 0 spiro atoms. The average Bonchev–Trinajstić information content (AvgIpc) is 2.82. The van der Waals surface area contributed by atoms with Gasteiger partial charge in [-0.15, -0.1) is 10.2 Å². The summed E-state index contributed by atoms with van der Waals surface area (Å²) < 4.78 is 12.2. The highest BCUT2D eigenvalue weighted by atomic mass is 16.5. The zero-order chi connectivity index (χ0) is 14.5. The highest BCUT2D eigenvalue weighted by Gasteiger charge is 2.23. The summed E-state index contributed by atoms with van der Waals surface area (Å²) in [6.07, 6.45) is 0. The van der Waals surface area contributed by atoms with Crippen LogP contribution in [0.3, 0.4) is 0 Å². The molecule has 1 aliphatic rings. The summed E-state index contributed by atoms with van der Waals surface area (Å²) in [4.78, 5) is 14.2. The molecule has 2 rings (SSSR count). The number of aryl methyl sites for hydroxylation is 1. The van der Waals surface area contributed by atoms with Gasteiger partial charge in [0, 0.05) is 25.7 Å². The number of rotatable bonds is 5. The summed E-state index contributed by atoms with van der Waals surface area (Å²) in [6, 6.07) is 0.113. The van der Waals surface area contributed by atoms with Crippen LogP contribution in [0, 0.1) is 6.92 Å². The lowest BCUT2D eigenvalue weighted by Crippen LogP contribution is -2.39. The minimum atomic E-state index is -0.415. The van der Waals surface area contributed by atoms with Gasteiger partial charge in [0.15, 0.2) is 0 Å². The number of esters is 1. The first-order chi connectivity index (χ1) is 9.63. The van der Waals surface area contributed by atoms with E-state index in [-0.39, 0.29) is 11.9 Å². The monoisotopic (exact) mass is 282 g/mol. The Morgan fingerprint density at radius 1 is 1.40 bits per heavy atom. The molecule has 1 aromatic rings. The van der Waals surface area contributed by atoms with Crippen LogP contribution in [0.15, 0.2) is 0 Å². The van der Waals surface area contributed by atoms with Crippen LogP contribution in [0.2, 0.25) is 0 Å².